The molecule has 1 aliphatic rings. The maximum atomic E-state index is 12.7. The normalized spacial score (nSPS) is 18.2. The summed E-state index contributed by atoms with van der Waals surface area (Å²) in [5.74, 6) is -2.53. The molecule has 11 nitrogen and oxygen atoms in total. The van der Waals surface area contributed by atoms with Crippen molar-refractivity contribution in [3.05, 3.63) is 47.2 Å². The van der Waals surface area contributed by atoms with Crippen molar-refractivity contribution in [2.24, 2.45) is 0 Å². The second-order valence-corrected chi connectivity index (χ2v) is 9.16. The van der Waals surface area contributed by atoms with Gasteiger partial charge in [-0.05, 0) is 24.3 Å². The van der Waals surface area contributed by atoms with Gasteiger partial charge in [-0.3, -0.25) is 13.9 Å². The Balaban J connectivity index is 0.00000420. The van der Waals surface area contributed by atoms with Crippen LogP contribution in [-0.2, 0) is 25.0 Å². The number of benzene rings is 1. The first kappa shape index (κ1) is 29.5. The van der Waals surface area contributed by atoms with E-state index in [1.807, 2.05) is 0 Å². The molecule has 0 bridgehead atoms. The molecule has 4 N–H and O–H groups in total. The number of aromatic hydroxyl groups is 1. The standard InChI is InChI=1S/C15H16O11S2.2Na/c1-25-8-3-4-9(11(16)5-8)14(18)10-7-15(27(19,20)21,28(22,23)24)13(26-2)6-12(10)17;;/h3-7,13,16-17H,1-2H3,(H,19,20,21)(H,22,23,24);;. The molecule has 0 spiro atoms. The largest absolute Gasteiger partial charge is 0.507 e. The predicted octanol–water partition coefficient (Wildman–Crippen LogP) is -0.309. The number of allylic oxidation sites excluding steroid dienone is 1. The van der Waals surface area contributed by atoms with Crippen molar-refractivity contribution in [1.29, 1.82) is 0 Å². The van der Waals surface area contributed by atoms with Crippen LogP contribution in [0.3, 0.4) is 0 Å². The zero-order chi connectivity index (χ0) is 21.5. The van der Waals surface area contributed by atoms with Gasteiger partial charge in [0, 0.05) is 72.3 Å². The van der Waals surface area contributed by atoms with E-state index >= 15 is 0 Å². The van der Waals surface area contributed by atoms with Gasteiger partial charge in [0.15, 0.2) is 5.78 Å². The summed E-state index contributed by atoms with van der Waals surface area (Å²) < 4.78 is 72.6. The average molecular weight is 482 g/mol. The molecule has 15 heteroatoms. The number of phenolic OH excluding ortho intramolecular Hbond substituents is 1. The summed E-state index contributed by atoms with van der Waals surface area (Å²) in [6.45, 7) is 0. The molecule has 1 atom stereocenters. The van der Waals surface area contributed by atoms with Crippen molar-refractivity contribution in [3.63, 3.8) is 0 Å². The number of carbonyl (C=O) groups excluding carboxylic acids is 1. The second-order valence-electron chi connectivity index (χ2n) is 5.65. The number of ether oxygens (including phenoxy) is 2. The van der Waals surface area contributed by atoms with Gasteiger partial charge in [0.05, 0.1) is 18.2 Å². The van der Waals surface area contributed by atoms with E-state index in [4.69, 9.17) is 4.74 Å². The summed E-state index contributed by atoms with van der Waals surface area (Å²) in [5.41, 5.74) is -1.36. The summed E-state index contributed by atoms with van der Waals surface area (Å²) in [6, 6.07) is 3.40. The number of phenols is 1. The zero-order valence-electron chi connectivity index (χ0n) is 16.4. The van der Waals surface area contributed by atoms with Gasteiger partial charge in [0.2, 0.25) is 0 Å². The molecular weight excluding hydrogens is 466 g/mol. The van der Waals surface area contributed by atoms with E-state index in [1.54, 1.807) is 0 Å². The third kappa shape index (κ3) is 5.13. The van der Waals surface area contributed by atoms with E-state index in [0.29, 0.717) is 6.08 Å². The Labute approximate surface area is 216 Å². The zero-order valence-corrected chi connectivity index (χ0v) is 22.1. The molecule has 1 aliphatic carbocycles. The van der Waals surface area contributed by atoms with Gasteiger partial charge in [-0.2, -0.15) is 16.8 Å². The molecule has 0 saturated heterocycles. The second kappa shape index (κ2) is 10.4. The van der Waals surface area contributed by atoms with Crippen LogP contribution in [0, 0.1) is 0 Å². The van der Waals surface area contributed by atoms with E-state index in [0.717, 1.165) is 19.2 Å². The molecular formula is C15H16Na2O11S2. The van der Waals surface area contributed by atoms with Gasteiger partial charge in [0.1, 0.15) is 23.4 Å². The summed E-state index contributed by atoms with van der Waals surface area (Å²) in [5, 5.41) is 20.1. The van der Waals surface area contributed by atoms with Crippen molar-refractivity contribution in [2.75, 3.05) is 14.2 Å². The minimum atomic E-state index is -5.63. The molecule has 0 fully saturated rings. The molecule has 0 heterocycles. The van der Waals surface area contributed by atoms with Crippen LogP contribution in [0.25, 0.3) is 0 Å². The van der Waals surface area contributed by atoms with Crippen molar-refractivity contribution in [2.45, 2.75) is 10.2 Å². The minimum absolute atomic E-state index is 0. The molecule has 156 valence electrons. The molecule has 1 unspecified atom stereocenters. The Hall–Kier alpha value is -0.450. The molecule has 0 aliphatic heterocycles. The molecule has 0 saturated carbocycles. The molecule has 2 rings (SSSR count). The molecule has 30 heavy (non-hydrogen) atoms. The summed E-state index contributed by atoms with van der Waals surface area (Å²) in [4.78, 5) is 12.7. The monoisotopic (exact) mass is 482 g/mol. The fourth-order valence-corrected chi connectivity index (χ4v) is 5.19. The minimum Gasteiger partial charge on any atom is -0.507 e. The Morgan fingerprint density at radius 3 is 1.97 bits per heavy atom. The van der Waals surface area contributed by atoms with Crippen molar-refractivity contribution < 1.29 is 50.4 Å². The van der Waals surface area contributed by atoms with Crippen LogP contribution in [0.1, 0.15) is 10.4 Å². The Kier molecular flexibility index (Phi) is 10.3. The van der Waals surface area contributed by atoms with E-state index in [9.17, 15) is 40.9 Å². The maximum Gasteiger partial charge on any atom is 0.294 e. The fourth-order valence-electron chi connectivity index (χ4n) is 2.67. The topological polar surface area (TPSA) is 185 Å². The Bertz CT molecular complexity index is 1060. The molecule has 1 aromatic rings. The summed E-state index contributed by atoms with van der Waals surface area (Å²) in [6.07, 6.45) is -1.40. The third-order valence-corrected chi connectivity index (χ3v) is 7.66. The first-order chi connectivity index (χ1) is 12.8. The molecule has 0 amide bonds. The summed E-state index contributed by atoms with van der Waals surface area (Å²) >= 11 is 0. The summed E-state index contributed by atoms with van der Waals surface area (Å²) in [7, 11) is -9.10. The van der Waals surface area contributed by atoms with Crippen molar-refractivity contribution in [1.82, 2.24) is 0 Å². The van der Waals surface area contributed by atoms with Crippen LogP contribution in [0.15, 0.2) is 41.7 Å². The first-order valence-corrected chi connectivity index (χ1v) is 10.2. The Morgan fingerprint density at radius 2 is 1.57 bits per heavy atom. The van der Waals surface area contributed by atoms with Crippen molar-refractivity contribution >= 4 is 85.1 Å². The van der Waals surface area contributed by atoms with Gasteiger partial charge < -0.3 is 19.7 Å². The van der Waals surface area contributed by atoms with Gasteiger partial charge in [-0.1, -0.05) is 0 Å². The molecule has 2 radical (unpaired) electrons. The fraction of sp³-hybridized carbons (Fsp3) is 0.267. The SMILES string of the molecule is COc1ccc(C(=O)C2=CC(S(=O)(=O)O)(S(=O)(=O)O)C(OC)C=C2O)c(O)c1.[Na].[Na]. The van der Waals surface area contributed by atoms with Gasteiger partial charge in [-0.25, -0.2) is 0 Å². The number of carbonyl (C=O) groups is 1. The average Bonchev–Trinajstić information content (AvgIpc) is 2.58. The smallest absolute Gasteiger partial charge is 0.294 e. The van der Waals surface area contributed by atoms with Crippen LogP contribution in [0.2, 0.25) is 0 Å². The van der Waals surface area contributed by atoms with Crippen molar-refractivity contribution in [3.8, 4) is 11.5 Å². The van der Waals surface area contributed by atoms with Crippen LogP contribution in [-0.4, -0.2) is 125 Å². The first-order valence-electron chi connectivity index (χ1n) is 7.32. The van der Waals surface area contributed by atoms with Gasteiger partial charge in [0.25, 0.3) is 24.3 Å². The van der Waals surface area contributed by atoms with Crippen LogP contribution < -0.4 is 4.74 Å². The van der Waals surface area contributed by atoms with Gasteiger partial charge >= 0.3 is 0 Å². The number of rotatable bonds is 6. The number of hydrogen-bond donors (Lipinski definition) is 4. The number of ketones is 1. The van der Waals surface area contributed by atoms with E-state index in [1.165, 1.54) is 13.2 Å². The third-order valence-electron chi connectivity index (χ3n) is 4.08. The number of aliphatic hydroxyl groups is 1. The van der Waals surface area contributed by atoms with Crippen LogP contribution >= 0.6 is 0 Å². The number of aliphatic hydroxyl groups excluding tert-OH is 1. The molecule has 1 aromatic carbocycles. The quantitative estimate of drug-likeness (QED) is 0.237. The molecule has 0 aromatic heterocycles. The van der Waals surface area contributed by atoms with E-state index in [2.05, 4.69) is 4.74 Å². The maximum absolute atomic E-state index is 12.7. The number of Topliss-reactive ketones (excluding diaryl/α,β-unsaturated/α-hetero) is 1. The van der Waals surface area contributed by atoms with E-state index < -0.39 is 58.8 Å². The number of methoxy groups -OCH3 is 2. The van der Waals surface area contributed by atoms with Crippen LogP contribution in [0.4, 0.5) is 0 Å². The Morgan fingerprint density at radius 1 is 1.03 bits per heavy atom. The predicted molar refractivity (Wildman–Crippen MR) is 106 cm³/mol. The van der Waals surface area contributed by atoms with E-state index in [-0.39, 0.29) is 70.9 Å². The van der Waals surface area contributed by atoms with Crippen LogP contribution in [0.5, 0.6) is 11.5 Å². The van der Waals surface area contributed by atoms with Gasteiger partial charge in [-0.15, -0.1) is 0 Å². The number of hydrogen-bond acceptors (Lipinski definition) is 9.